The van der Waals surface area contributed by atoms with E-state index in [1.54, 1.807) is 18.3 Å². The molecule has 0 radical (unpaired) electrons. The summed E-state index contributed by atoms with van der Waals surface area (Å²) in [4.78, 5) is 12.3. The monoisotopic (exact) mass is 525 g/mol. The molecule has 5 aromatic rings. The van der Waals surface area contributed by atoms with Gasteiger partial charge >= 0.3 is 6.18 Å². The predicted molar refractivity (Wildman–Crippen MR) is 135 cm³/mol. The number of hydrogen-bond donors (Lipinski definition) is 0. The van der Waals surface area contributed by atoms with Gasteiger partial charge in [-0.2, -0.15) is 18.2 Å². The maximum absolute atomic E-state index is 13.5. The van der Waals surface area contributed by atoms with Gasteiger partial charge in [-0.3, -0.25) is 0 Å². The van der Waals surface area contributed by atoms with Crippen LogP contribution in [0, 0.1) is 0 Å². The van der Waals surface area contributed by atoms with Crippen molar-refractivity contribution in [2.45, 2.75) is 39.2 Å². The number of benzene rings is 2. The summed E-state index contributed by atoms with van der Waals surface area (Å²) in [5, 5.41) is 0.982. The molecule has 3 aromatic heterocycles. The Kier molecular flexibility index (Phi) is 6.64. The Morgan fingerprint density at radius 1 is 1.03 bits per heavy atom. The molecule has 190 valence electrons. The molecule has 37 heavy (non-hydrogen) atoms. The molecule has 0 aliphatic heterocycles. The highest BCUT2D eigenvalue weighted by Gasteiger charge is 2.35. The van der Waals surface area contributed by atoms with Crippen LogP contribution in [-0.2, 0) is 19.3 Å². The first-order valence-electron chi connectivity index (χ1n) is 11.6. The summed E-state index contributed by atoms with van der Waals surface area (Å²) in [6.45, 7) is 4.34. The normalized spacial score (nSPS) is 12.0. The Morgan fingerprint density at radius 2 is 1.81 bits per heavy atom. The van der Waals surface area contributed by atoms with Crippen LogP contribution in [0.15, 0.2) is 73.2 Å². The third kappa shape index (κ3) is 5.32. The van der Waals surface area contributed by atoms with E-state index in [0.29, 0.717) is 30.1 Å². The fraction of sp³-hybridized carbons (Fsp3) is 0.222. The fourth-order valence-corrected chi connectivity index (χ4v) is 4.22. The number of fused-ring (bicyclic) bond motifs is 1. The Hall–Kier alpha value is -3.85. The zero-order valence-corrected chi connectivity index (χ0v) is 20.8. The number of nitrogens with zero attached hydrogens (tertiary/aromatic N) is 5. The van der Waals surface area contributed by atoms with E-state index in [-0.39, 0.29) is 17.1 Å². The molecule has 0 unspecified atom stereocenters. The van der Waals surface area contributed by atoms with Crippen molar-refractivity contribution in [3.05, 3.63) is 95.3 Å². The van der Waals surface area contributed by atoms with Crippen molar-refractivity contribution < 1.29 is 17.9 Å². The molecule has 0 bridgehead atoms. The van der Waals surface area contributed by atoms with Crippen LogP contribution >= 0.6 is 11.6 Å². The third-order valence-corrected chi connectivity index (χ3v) is 6.14. The second-order valence-electron chi connectivity index (χ2n) is 8.91. The Morgan fingerprint density at radius 3 is 2.54 bits per heavy atom. The molecule has 6 nitrogen and oxygen atoms in total. The van der Waals surface area contributed by atoms with Gasteiger partial charge in [0.1, 0.15) is 23.8 Å². The molecule has 3 heterocycles. The molecule has 0 aliphatic rings. The second kappa shape index (κ2) is 9.89. The van der Waals surface area contributed by atoms with Crippen molar-refractivity contribution in [1.29, 1.82) is 0 Å². The van der Waals surface area contributed by atoms with Crippen LogP contribution in [0.3, 0.4) is 0 Å². The first kappa shape index (κ1) is 24.8. The van der Waals surface area contributed by atoms with E-state index in [0.717, 1.165) is 22.7 Å². The Balaban J connectivity index is 1.56. The predicted octanol–water partition coefficient (Wildman–Crippen LogP) is 7.18. The van der Waals surface area contributed by atoms with Crippen molar-refractivity contribution in [2.75, 3.05) is 0 Å². The summed E-state index contributed by atoms with van der Waals surface area (Å²) in [6, 6.07) is 16.7. The first-order chi connectivity index (χ1) is 17.7. The molecule has 2 aromatic carbocycles. The van der Waals surface area contributed by atoms with Gasteiger partial charge < -0.3 is 13.9 Å². The highest BCUT2D eigenvalue weighted by atomic mass is 35.5. The highest BCUT2D eigenvalue weighted by Crippen LogP contribution is 2.35. The van der Waals surface area contributed by atoms with Crippen LogP contribution in [0.2, 0.25) is 5.28 Å². The van der Waals surface area contributed by atoms with Gasteiger partial charge in [-0.05, 0) is 43.1 Å². The molecular formula is C27H23ClF3N5O. The number of imidazole rings is 1. The van der Waals surface area contributed by atoms with Crippen LogP contribution in [-0.4, -0.2) is 24.1 Å². The van der Waals surface area contributed by atoms with E-state index in [1.165, 1.54) is 4.57 Å². The maximum Gasteiger partial charge on any atom is 0.434 e. The van der Waals surface area contributed by atoms with E-state index in [1.807, 2.05) is 67.1 Å². The number of hydrogen-bond acceptors (Lipinski definition) is 4. The van der Waals surface area contributed by atoms with Gasteiger partial charge in [0.2, 0.25) is 5.28 Å². The van der Waals surface area contributed by atoms with Gasteiger partial charge in [0.05, 0.1) is 6.54 Å². The second-order valence-corrected chi connectivity index (χ2v) is 9.24. The van der Waals surface area contributed by atoms with E-state index in [9.17, 15) is 13.2 Å². The summed E-state index contributed by atoms with van der Waals surface area (Å²) in [5.41, 5.74) is 2.06. The number of ether oxygens (including phenoxy) is 1. The van der Waals surface area contributed by atoms with Crippen LogP contribution in [0.1, 0.15) is 36.7 Å². The summed E-state index contributed by atoms with van der Waals surface area (Å²) >= 11 is 6.01. The number of aromatic nitrogens is 5. The Bertz CT molecular complexity index is 1540. The molecule has 0 saturated carbocycles. The van der Waals surface area contributed by atoms with Gasteiger partial charge in [-0.15, -0.1) is 0 Å². The average Bonchev–Trinajstić information content (AvgIpc) is 3.49. The molecule has 5 rings (SSSR count). The summed E-state index contributed by atoms with van der Waals surface area (Å²) < 4.78 is 50.0. The minimum absolute atomic E-state index is 0.143. The van der Waals surface area contributed by atoms with Crippen LogP contribution in [0.25, 0.3) is 22.4 Å². The summed E-state index contributed by atoms with van der Waals surface area (Å²) in [5.74, 6) is 0.764. The Labute approximate surface area is 216 Å². The summed E-state index contributed by atoms with van der Waals surface area (Å²) in [7, 11) is 0. The lowest BCUT2D eigenvalue weighted by molar-refractivity contribution is -0.140. The fourth-order valence-electron chi connectivity index (χ4n) is 4.09. The van der Waals surface area contributed by atoms with Crippen molar-refractivity contribution in [1.82, 2.24) is 24.1 Å². The zero-order valence-electron chi connectivity index (χ0n) is 20.1. The van der Waals surface area contributed by atoms with Crippen LogP contribution in [0.5, 0.6) is 5.75 Å². The topological polar surface area (TPSA) is 57.8 Å². The highest BCUT2D eigenvalue weighted by molar-refractivity contribution is 6.28. The number of halogens is 4. The van der Waals surface area contributed by atoms with Crippen molar-refractivity contribution in [3.8, 4) is 17.1 Å². The summed E-state index contributed by atoms with van der Waals surface area (Å²) in [6.07, 6.45) is 0.0423. The van der Waals surface area contributed by atoms with Crippen LogP contribution in [0.4, 0.5) is 13.2 Å². The molecule has 0 spiro atoms. The van der Waals surface area contributed by atoms with Gasteiger partial charge in [-0.1, -0.05) is 42.5 Å². The lowest BCUT2D eigenvalue weighted by atomic mass is 10.1. The van der Waals surface area contributed by atoms with Gasteiger partial charge in [0.15, 0.2) is 5.69 Å². The van der Waals surface area contributed by atoms with Crippen molar-refractivity contribution in [3.63, 3.8) is 0 Å². The maximum atomic E-state index is 13.5. The van der Waals surface area contributed by atoms with Crippen LogP contribution < -0.4 is 4.74 Å². The minimum Gasteiger partial charge on any atom is -0.489 e. The lowest BCUT2D eigenvalue weighted by Crippen LogP contribution is -2.06. The van der Waals surface area contributed by atoms with E-state index in [4.69, 9.17) is 16.3 Å². The van der Waals surface area contributed by atoms with E-state index in [2.05, 4.69) is 15.0 Å². The third-order valence-electron chi connectivity index (χ3n) is 5.95. The zero-order chi connectivity index (χ0) is 26.2. The first-order valence-corrected chi connectivity index (χ1v) is 12.0. The minimum atomic E-state index is -4.54. The van der Waals surface area contributed by atoms with E-state index < -0.39 is 11.9 Å². The molecule has 0 N–H and O–H groups in total. The standard InChI is InChI=1S/C27H23ClF3N5O/c1-17(2)36-15-23(27(29,30)31)33-25(36)19-8-9-21(22(12-19)37-16-18-6-4-3-5-7-18)14-35-11-10-20-13-32-26(28)34-24(20)35/h3-13,15,17H,14,16H2,1-2H3. The average molecular weight is 526 g/mol. The molecule has 0 amide bonds. The number of rotatable bonds is 7. The van der Waals surface area contributed by atoms with Gasteiger partial charge in [-0.25, -0.2) is 9.97 Å². The molecule has 0 aliphatic carbocycles. The quantitative estimate of drug-likeness (QED) is 0.211. The molecule has 0 fully saturated rings. The molecule has 10 heteroatoms. The largest absolute Gasteiger partial charge is 0.489 e. The van der Waals surface area contributed by atoms with Gasteiger partial charge in [0.25, 0.3) is 0 Å². The molecular weight excluding hydrogens is 503 g/mol. The van der Waals surface area contributed by atoms with Gasteiger partial charge in [0, 0.05) is 41.1 Å². The van der Waals surface area contributed by atoms with E-state index >= 15 is 0 Å². The molecule has 0 atom stereocenters. The molecule has 0 saturated heterocycles. The van der Waals surface area contributed by atoms with Crippen molar-refractivity contribution in [2.24, 2.45) is 0 Å². The number of alkyl halides is 3. The smallest absolute Gasteiger partial charge is 0.434 e. The van der Waals surface area contributed by atoms with Crippen molar-refractivity contribution >= 4 is 22.6 Å². The lowest BCUT2D eigenvalue weighted by Gasteiger charge is -2.16. The SMILES string of the molecule is CC(C)n1cc(C(F)(F)F)nc1-c1ccc(Cn2ccc3cnc(Cl)nc32)c(OCc2ccccc2)c1.